The number of nitrogens with two attached hydrogens (primary N) is 1. The predicted octanol–water partition coefficient (Wildman–Crippen LogP) is 3.02. The van der Waals surface area contributed by atoms with E-state index in [4.69, 9.17) is 22.1 Å². The fraction of sp³-hybridized carbons (Fsp3) is 0.200. The minimum Gasteiger partial charge on any atom is -0.452 e. The van der Waals surface area contributed by atoms with E-state index >= 15 is 0 Å². The Morgan fingerprint density at radius 3 is 2.82 bits per heavy atom. The summed E-state index contributed by atoms with van der Waals surface area (Å²) in [5, 5.41) is 4.95. The number of amides is 1. The maximum absolute atomic E-state index is 11.9. The highest BCUT2D eigenvalue weighted by Gasteiger charge is 2.16. The van der Waals surface area contributed by atoms with Gasteiger partial charge in [-0.2, -0.15) is 0 Å². The van der Waals surface area contributed by atoms with Gasteiger partial charge in [0.2, 0.25) is 0 Å². The average Bonchev–Trinajstić information content (AvgIpc) is 3.02. The molecule has 0 radical (unpaired) electrons. The van der Waals surface area contributed by atoms with Crippen LogP contribution in [0.2, 0.25) is 5.02 Å². The summed E-state index contributed by atoms with van der Waals surface area (Å²) >= 11 is 7.38. The molecule has 0 aliphatic heterocycles. The third-order valence-electron chi connectivity index (χ3n) is 2.95. The number of hydrogen-bond acceptors (Lipinski definition) is 5. The van der Waals surface area contributed by atoms with Crippen molar-refractivity contribution in [1.82, 2.24) is 5.32 Å². The Bertz CT molecular complexity index is 673. The van der Waals surface area contributed by atoms with Gasteiger partial charge in [0, 0.05) is 4.88 Å². The number of halogens is 1. The van der Waals surface area contributed by atoms with Crippen LogP contribution < -0.4 is 11.1 Å². The number of ether oxygens (including phenoxy) is 1. The molecule has 1 unspecified atom stereocenters. The van der Waals surface area contributed by atoms with Gasteiger partial charge in [-0.3, -0.25) is 4.79 Å². The van der Waals surface area contributed by atoms with Crippen molar-refractivity contribution in [2.75, 3.05) is 12.3 Å². The Kier molecular flexibility index (Phi) is 5.41. The number of thiophene rings is 1. The number of rotatable bonds is 5. The number of carbonyl (C=O) groups excluding carboxylic acids is 2. The van der Waals surface area contributed by atoms with E-state index in [1.54, 1.807) is 23.5 Å². The lowest BCUT2D eigenvalue weighted by molar-refractivity contribution is -0.124. The second kappa shape index (κ2) is 7.29. The number of carbonyl (C=O) groups is 2. The van der Waals surface area contributed by atoms with Gasteiger partial charge in [-0.15, -0.1) is 11.3 Å². The Hall–Kier alpha value is -2.05. The Labute approximate surface area is 137 Å². The zero-order chi connectivity index (χ0) is 16.1. The van der Waals surface area contributed by atoms with E-state index < -0.39 is 5.97 Å². The van der Waals surface area contributed by atoms with E-state index in [1.165, 1.54) is 6.07 Å². The van der Waals surface area contributed by atoms with Crippen LogP contribution in [0.4, 0.5) is 5.69 Å². The van der Waals surface area contributed by atoms with Gasteiger partial charge in [0.1, 0.15) is 0 Å². The number of hydrogen-bond donors (Lipinski definition) is 2. The zero-order valence-electron chi connectivity index (χ0n) is 11.8. The summed E-state index contributed by atoms with van der Waals surface area (Å²) in [6.45, 7) is 1.49. The van der Waals surface area contributed by atoms with Gasteiger partial charge in [0.25, 0.3) is 5.91 Å². The SMILES string of the molecule is CC(NC(=O)COC(=O)c1cccc(Cl)c1N)c1cccs1. The monoisotopic (exact) mass is 338 g/mol. The van der Waals surface area contributed by atoms with Crippen molar-refractivity contribution >= 4 is 40.5 Å². The van der Waals surface area contributed by atoms with Gasteiger partial charge in [0.15, 0.2) is 6.61 Å². The third kappa shape index (κ3) is 3.99. The molecule has 3 N–H and O–H groups in total. The smallest absolute Gasteiger partial charge is 0.340 e. The molecule has 1 heterocycles. The fourth-order valence-electron chi connectivity index (χ4n) is 1.82. The normalized spacial score (nSPS) is 11.7. The first kappa shape index (κ1) is 16.3. The standard InChI is InChI=1S/C15H15ClN2O3S/c1-9(12-6-3-7-22-12)18-13(19)8-21-15(20)10-4-2-5-11(16)14(10)17/h2-7,9H,8,17H2,1H3,(H,18,19). The van der Waals surface area contributed by atoms with Crippen molar-refractivity contribution in [3.63, 3.8) is 0 Å². The molecule has 116 valence electrons. The molecule has 0 spiro atoms. The fourth-order valence-corrected chi connectivity index (χ4v) is 2.72. The van der Waals surface area contributed by atoms with Crippen LogP contribution in [0.5, 0.6) is 0 Å². The molecule has 2 rings (SSSR count). The summed E-state index contributed by atoms with van der Waals surface area (Å²) in [4.78, 5) is 24.7. The van der Waals surface area contributed by atoms with Crippen LogP contribution in [0.15, 0.2) is 35.7 Å². The first-order chi connectivity index (χ1) is 10.5. The van der Waals surface area contributed by atoms with Crippen LogP contribution in [-0.4, -0.2) is 18.5 Å². The van der Waals surface area contributed by atoms with Crippen molar-refractivity contribution in [2.45, 2.75) is 13.0 Å². The van der Waals surface area contributed by atoms with E-state index in [1.807, 2.05) is 24.4 Å². The van der Waals surface area contributed by atoms with Gasteiger partial charge in [0.05, 0.1) is 22.3 Å². The highest BCUT2D eigenvalue weighted by atomic mass is 35.5. The van der Waals surface area contributed by atoms with Crippen molar-refractivity contribution in [1.29, 1.82) is 0 Å². The molecule has 1 aromatic heterocycles. The van der Waals surface area contributed by atoms with Gasteiger partial charge in [-0.05, 0) is 30.5 Å². The number of anilines is 1. The molecule has 22 heavy (non-hydrogen) atoms. The highest BCUT2D eigenvalue weighted by Crippen LogP contribution is 2.23. The molecular weight excluding hydrogens is 324 g/mol. The summed E-state index contributed by atoms with van der Waals surface area (Å²) < 4.78 is 4.96. The first-order valence-corrected chi connectivity index (χ1v) is 7.78. The molecule has 0 saturated carbocycles. The van der Waals surface area contributed by atoms with Crippen LogP contribution in [0.1, 0.15) is 28.2 Å². The second-order valence-corrected chi connectivity index (χ2v) is 5.97. The molecule has 0 bridgehead atoms. The molecule has 0 aliphatic carbocycles. The summed E-state index contributed by atoms with van der Waals surface area (Å²) in [5.41, 5.74) is 5.99. The quantitative estimate of drug-likeness (QED) is 0.648. The minimum atomic E-state index is -0.682. The second-order valence-electron chi connectivity index (χ2n) is 4.58. The van der Waals surface area contributed by atoms with Crippen LogP contribution >= 0.6 is 22.9 Å². The Morgan fingerprint density at radius 2 is 2.14 bits per heavy atom. The predicted molar refractivity (Wildman–Crippen MR) is 87.0 cm³/mol. The van der Waals surface area contributed by atoms with Crippen molar-refractivity contribution in [2.24, 2.45) is 0 Å². The van der Waals surface area contributed by atoms with Crippen molar-refractivity contribution in [3.05, 3.63) is 51.2 Å². The summed E-state index contributed by atoms with van der Waals surface area (Å²) in [6.07, 6.45) is 0. The minimum absolute atomic E-state index is 0.137. The summed E-state index contributed by atoms with van der Waals surface area (Å²) in [5.74, 6) is -1.06. The molecular formula is C15H15ClN2O3S. The molecule has 1 aromatic carbocycles. The van der Waals surface area contributed by atoms with E-state index in [0.717, 1.165) is 4.88 Å². The van der Waals surface area contributed by atoms with E-state index in [-0.39, 0.29) is 34.8 Å². The van der Waals surface area contributed by atoms with Crippen molar-refractivity contribution < 1.29 is 14.3 Å². The molecule has 0 saturated heterocycles. The molecule has 1 amide bonds. The maximum atomic E-state index is 11.9. The molecule has 7 heteroatoms. The number of nitrogen functional groups attached to an aromatic ring is 1. The van der Waals surface area contributed by atoms with Crippen LogP contribution in [0.25, 0.3) is 0 Å². The molecule has 1 atom stereocenters. The zero-order valence-corrected chi connectivity index (χ0v) is 13.4. The topological polar surface area (TPSA) is 81.4 Å². The third-order valence-corrected chi connectivity index (χ3v) is 4.34. The molecule has 5 nitrogen and oxygen atoms in total. The van der Waals surface area contributed by atoms with Crippen LogP contribution in [0.3, 0.4) is 0 Å². The Balaban J connectivity index is 1.88. The largest absolute Gasteiger partial charge is 0.452 e. The summed E-state index contributed by atoms with van der Waals surface area (Å²) in [7, 11) is 0. The Morgan fingerprint density at radius 1 is 1.36 bits per heavy atom. The lowest BCUT2D eigenvalue weighted by Crippen LogP contribution is -2.30. The molecule has 0 aliphatic rings. The molecule has 0 fully saturated rings. The van der Waals surface area contributed by atoms with Crippen LogP contribution in [0, 0.1) is 0 Å². The van der Waals surface area contributed by atoms with E-state index in [9.17, 15) is 9.59 Å². The summed E-state index contributed by atoms with van der Waals surface area (Å²) in [6, 6.07) is 8.36. The molecule has 2 aromatic rings. The van der Waals surface area contributed by atoms with Crippen LogP contribution in [-0.2, 0) is 9.53 Å². The maximum Gasteiger partial charge on any atom is 0.340 e. The average molecular weight is 339 g/mol. The number of nitrogens with one attached hydrogen (secondary N) is 1. The highest BCUT2D eigenvalue weighted by molar-refractivity contribution is 7.10. The van der Waals surface area contributed by atoms with Gasteiger partial charge < -0.3 is 15.8 Å². The van der Waals surface area contributed by atoms with Gasteiger partial charge in [-0.25, -0.2) is 4.79 Å². The van der Waals surface area contributed by atoms with Gasteiger partial charge in [-0.1, -0.05) is 23.7 Å². The van der Waals surface area contributed by atoms with E-state index in [2.05, 4.69) is 5.32 Å². The first-order valence-electron chi connectivity index (χ1n) is 6.53. The lowest BCUT2D eigenvalue weighted by atomic mass is 10.2. The number of para-hydroxylation sites is 1. The lowest BCUT2D eigenvalue weighted by Gasteiger charge is -2.12. The number of esters is 1. The number of benzene rings is 1. The van der Waals surface area contributed by atoms with E-state index in [0.29, 0.717) is 0 Å². The van der Waals surface area contributed by atoms with Crippen molar-refractivity contribution in [3.8, 4) is 0 Å². The van der Waals surface area contributed by atoms with Gasteiger partial charge >= 0.3 is 5.97 Å².